The van der Waals surface area contributed by atoms with Crippen LogP contribution in [0.3, 0.4) is 0 Å². The normalized spacial score (nSPS) is 11.2. The van der Waals surface area contributed by atoms with Crippen LogP contribution in [0, 0.1) is 6.92 Å². The lowest BCUT2D eigenvalue weighted by Crippen LogP contribution is -1.98. The van der Waals surface area contributed by atoms with Crippen molar-refractivity contribution in [3.05, 3.63) is 34.5 Å². The maximum Gasteiger partial charge on any atom is 0.134 e. The second-order valence-corrected chi connectivity index (χ2v) is 4.47. The number of fused-ring (bicyclic) bond motifs is 1. The predicted octanol–water partition coefficient (Wildman–Crippen LogP) is 3.68. The summed E-state index contributed by atoms with van der Waals surface area (Å²) in [5.74, 6) is 1.06. The maximum atomic E-state index is 5.97. The van der Waals surface area contributed by atoms with Crippen LogP contribution in [0.25, 0.3) is 11.0 Å². The summed E-state index contributed by atoms with van der Waals surface area (Å²) in [6.45, 7) is 2.82. The Bertz CT molecular complexity index is 490. The molecule has 0 saturated carbocycles. The monoisotopic (exact) mass is 237 g/mol. The number of furan rings is 1. The van der Waals surface area contributed by atoms with Gasteiger partial charge in [0.1, 0.15) is 11.3 Å². The van der Waals surface area contributed by atoms with Crippen molar-refractivity contribution in [1.29, 1.82) is 0 Å². The minimum Gasteiger partial charge on any atom is -0.461 e. The summed E-state index contributed by atoms with van der Waals surface area (Å²) in [4.78, 5) is 0. The molecule has 0 aliphatic carbocycles. The number of hydrogen-bond acceptors (Lipinski definition) is 2. The first-order valence-corrected chi connectivity index (χ1v) is 5.98. The molecule has 0 fully saturated rings. The average Bonchev–Trinajstić information content (AvgIpc) is 2.57. The Kier molecular flexibility index (Phi) is 3.52. The first-order valence-electron chi connectivity index (χ1n) is 5.60. The fourth-order valence-corrected chi connectivity index (χ4v) is 2.08. The van der Waals surface area contributed by atoms with Gasteiger partial charge in [-0.05, 0) is 50.1 Å². The van der Waals surface area contributed by atoms with E-state index in [1.54, 1.807) is 0 Å². The SMILES string of the molecule is Cc1c(CCCCN)oc2ccc(Cl)cc12. The standard InChI is InChI=1S/C13H16ClNO/c1-9-11-8-10(14)5-6-13(11)16-12(9)4-2-3-7-15/h5-6,8H,2-4,7,15H2,1H3. The largest absolute Gasteiger partial charge is 0.461 e. The Morgan fingerprint density at radius 3 is 2.88 bits per heavy atom. The van der Waals surface area contributed by atoms with E-state index in [2.05, 4.69) is 6.92 Å². The number of halogens is 1. The molecule has 2 rings (SSSR count). The van der Waals surface area contributed by atoms with Gasteiger partial charge in [-0.3, -0.25) is 0 Å². The molecule has 0 unspecified atom stereocenters. The minimum atomic E-state index is 0.741. The lowest BCUT2D eigenvalue weighted by atomic mass is 10.1. The van der Waals surface area contributed by atoms with Gasteiger partial charge in [-0.1, -0.05) is 11.6 Å². The molecule has 2 nitrogen and oxygen atoms in total. The highest BCUT2D eigenvalue weighted by molar-refractivity contribution is 6.31. The summed E-state index contributed by atoms with van der Waals surface area (Å²) in [7, 11) is 0. The van der Waals surface area contributed by atoms with Crippen LogP contribution in [0.5, 0.6) is 0 Å². The van der Waals surface area contributed by atoms with Crippen molar-refractivity contribution >= 4 is 22.6 Å². The van der Waals surface area contributed by atoms with E-state index >= 15 is 0 Å². The molecule has 0 spiro atoms. The summed E-state index contributed by atoms with van der Waals surface area (Å²) in [6.07, 6.45) is 3.07. The van der Waals surface area contributed by atoms with E-state index in [1.807, 2.05) is 18.2 Å². The quantitative estimate of drug-likeness (QED) is 0.824. The van der Waals surface area contributed by atoms with Crippen LogP contribution in [0.4, 0.5) is 0 Å². The van der Waals surface area contributed by atoms with Crippen molar-refractivity contribution in [2.75, 3.05) is 6.54 Å². The highest BCUT2D eigenvalue weighted by Gasteiger charge is 2.09. The third kappa shape index (κ3) is 2.23. The Balaban J connectivity index is 2.29. The molecule has 2 N–H and O–H groups in total. The van der Waals surface area contributed by atoms with E-state index in [4.69, 9.17) is 21.8 Å². The molecule has 0 aliphatic rings. The zero-order chi connectivity index (χ0) is 11.5. The third-order valence-corrected chi connectivity index (χ3v) is 3.09. The van der Waals surface area contributed by atoms with Crippen molar-refractivity contribution in [3.63, 3.8) is 0 Å². The zero-order valence-corrected chi connectivity index (χ0v) is 10.2. The molecular weight excluding hydrogens is 222 g/mol. The van der Waals surface area contributed by atoms with Crippen LogP contribution in [0.2, 0.25) is 5.02 Å². The fourth-order valence-electron chi connectivity index (χ4n) is 1.91. The molecule has 0 atom stereocenters. The van der Waals surface area contributed by atoms with Crippen molar-refractivity contribution in [3.8, 4) is 0 Å². The number of aryl methyl sites for hydroxylation is 2. The van der Waals surface area contributed by atoms with Gasteiger partial charge in [0.15, 0.2) is 0 Å². The van der Waals surface area contributed by atoms with Crippen molar-refractivity contribution < 1.29 is 4.42 Å². The molecule has 1 aromatic carbocycles. The van der Waals surface area contributed by atoms with Gasteiger partial charge in [-0.2, -0.15) is 0 Å². The van der Waals surface area contributed by atoms with Gasteiger partial charge in [0.2, 0.25) is 0 Å². The van der Waals surface area contributed by atoms with Crippen LogP contribution in [-0.4, -0.2) is 6.54 Å². The molecule has 0 radical (unpaired) electrons. The molecule has 16 heavy (non-hydrogen) atoms. The Hall–Kier alpha value is -0.990. The Morgan fingerprint density at radius 2 is 2.12 bits per heavy atom. The van der Waals surface area contributed by atoms with E-state index < -0.39 is 0 Å². The van der Waals surface area contributed by atoms with E-state index in [0.29, 0.717) is 0 Å². The van der Waals surface area contributed by atoms with Gasteiger partial charge in [0, 0.05) is 16.8 Å². The van der Waals surface area contributed by atoms with Crippen LogP contribution in [0.1, 0.15) is 24.2 Å². The van der Waals surface area contributed by atoms with Gasteiger partial charge in [-0.15, -0.1) is 0 Å². The lowest BCUT2D eigenvalue weighted by molar-refractivity contribution is 0.530. The summed E-state index contributed by atoms with van der Waals surface area (Å²) in [5.41, 5.74) is 7.60. The first-order chi connectivity index (χ1) is 7.72. The number of unbranched alkanes of at least 4 members (excludes halogenated alkanes) is 1. The van der Waals surface area contributed by atoms with Crippen molar-refractivity contribution in [2.24, 2.45) is 5.73 Å². The molecule has 86 valence electrons. The van der Waals surface area contributed by atoms with Crippen LogP contribution in [-0.2, 0) is 6.42 Å². The Labute approximate surface area is 100 Å². The highest BCUT2D eigenvalue weighted by atomic mass is 35.5. The molecule has 0 amide bonds. The third-order valence-electron chi connectivity index (χ3n) is 2.85. The van der Waals surface area contributed by atoms with Gasteiger partial charge in [0.05, 0.1) is 0 Å². The second kappa shape index (κ2) is 4.89. The minimum absolute atomic E-state index is 0.741. The predicted molar refractivity (Wildman–Crippen MR) is 68.0 cm³/mol. The van der Waals surface area contributed by atoms with Crippen molar-refractivity contribution in [2.45, 2.75) is 26.2 Å². The second-order valence-electron chi connectivity index (χ2n) is 4.04. The zero-order valence-electron chi connectivity index (χ0n) is 9.42. The summed E-state index contributed by atoms with van der Waals surface area (Å²) in [6, 6.07) is 5.75. The molecule has 0 saturated heterocycles. The van der Waals surface area contributed by atoms with E-state index in [1.165, 1.54) is 5.56 Å². The maximum absolute atomic E-state index is 5.97. The van der Waals surface area contributed by atoms with Crippen LogP contribution < -0.4 is 5.73 Å². The highest BCUT2D eigenvalue weighted by Crippen LogP contribution is 2.28. The van der Waals surface area contributed by atoms with Gasteiger partial charge >= 0.3 is 0 Å². The molecule has 0 bridgehead atoms. The van der Waals surface area contributed by atoms with Gasteiger partial charge < -0.3 is 10.2 Å². The smallest absolute Gasteiger partial charge is 0.134 e. The molecule has 3 heteroatoms. The summed E-state index contributed by atoms with van der Waals surface area (Å²) >= 11 is 5.97. The average molecular weight is 238 g/mol. The topological polar surface area (TPSA) is 39.2 Å². The first kappa shape index (κ1) is 11.5. The van der Waals surface area contributed by atoms with Gasteiger partial charge in [0.25, 0.3) is 0 Å². The van der Waals surface area contributed by atoms with E-state index in [9.17, 15) is 0 Å². The summed E-state index contributed by atoms with van der Waals surface area (Å²) < 4.78 is 5.80. The van der Waals surface area contributed by atoms with E-state index in [-0.39, 0.29) is 0 Å². The molecule has 2 aromatic rings. The molecular formula is C13H16ClNO. The number of rotatable bonds is 4. The van der Waals surface area contributed by atoms with Crippen LogP contribution in [0.15, 0.2) is 22.6 Å². The fraction of sp³-hybridized carbons (Fsp3) is 0.385. The van der Waals surface area contributed by atoms with Crippen LogP contribution >= 0.6 is 11.6 Å². The van der Waals surface area contributed by atoms with E-state index in [0.717, 1.165) is 47.6 Å². The Morgan fingerprint density at radius 1 is 1.31 bits per heavy atom. The molecule has 0 aliphatic heterocycles. The lowest BCUT2D eigenvalue weighted by Gasteiger charge is -1.97. The number of hydrogen-bond donors (Lipinski definition) is 1. The molecule has 1 heterocycles. The van der Waals surface area contributed by atoms with Crippen molar-refractivity contribution in [1.82, 2.24) is 0 Å². The number of nitrogens with two attached hydrogens (primary N) is 1. The van der Waals surface area contributed by atoms with Gasteiger partial charge in [-0.25, -0.2) is 0 Å². The summed E-state index contributed by atoms with van der Waals surface area (Å²) in [5, 5.41) is 1.88. The molecule has 1 aromatic heterocycles. The number of benzene rings is 1.